The minimum Gasteiger partial charge on any atom is -0.481 e. The van der Waals surface area contributed by atoms with E-state index in [1.54, 1.807) is 0 Å². The van der Waals surface area contributed by atoms with Crippen LogP contribution >= 0.6 is 0 Å². The molecule has 0 bridgehead atoms. The first-order valence-electron chi connectivity index (χ1n) is 8.12. The van der Waals surface area contributed by atoms with Gasteiger partial charge in [0.25, 0.3) is 5.91 Å². The number of hydrogen-bond donors (Lipinski definition) is 1. The maximum atomic E-state index is 12.0. The molecule has 0 saturated heterocycles. The van der Waals surface area contributed by atoms with Gasteiger partial charge in [-0.1, -0.05) is 19.9 Å². The van der Waals surface area contributed by atoms with E-state index in [2.05, 4.69) is 31.3 Å². The van der Waals surface area contributed by atoms with Gasteiger partial charge in [0.2, 0.25) is 0 Å². The molecule has 0 aliphatic heterocycles. The zero-order valence-corrected chi connectivity index (χ0v) is 13.4. The highest BCUT2D eigenvalue weighted by Crippen LogP contribution is 2.25. The molecule has 1 atom stereocenters. The number of amides is 1. The van der Waals surface area contributed by atoms with Crippen molar-refractivity contribution >= 4 is 5.91 Å². The second-order valence-electron chi connectivity index (χ2n) is 6.37. The van der Waals surface area contributed by atoms with Crippen LogP contribution in [0.15, 0.2) is 18.2 Å². The Morgan fingerprint density at radius 1 is 1.19 bits per heavy atom. The van der Waals surface area contributed by atoms with Gasteiger partial charge in [-0.25, -0.2) is 0 Å². The Balaban J connectivity index is 1.87. The molecule has 1 aliphatic carbocycles. The van der Waals surface area contributed by atoms with Crippen LogP contribution in [0.1, 0.15) is 51.2 Å². The predicted molar refractivity (Wildman–Crippen MR) is 85.6 cm³/mol. The number of carbonyl (C=O) groups is 1. The molecule has 116 valence electrons. The molecule has 0 spiro atoms. The van der Waals surface area contributed by atoms with Crippen molar-refractivity contribution in [1.82, 2.24) is 5.32 Å². The predicted octanol–water partition coefficient (Wildman–Crippen LogP) is 3.50. The van der Waals surface area contributed by atoms with Gasteiger partial charge >= 0.3 is 0 Å². The van der Waals surface area contributed by atoms with Crippen molar-refractivity contribution in [3.8, 4) is 5.75 Å². The first-order chi connectivity index (χ1) is 10.1. The zero-order chi connectivity index (χ0) is 15.2. The number of nitrogens with one attached hydrogen (secondary N) is 1. The fraction of sp³-hybridized carbons (Fsp3) is 0.611. The van der Waals surface area contributed by atoms with Gasteiger partial charge in [-0.05, 0) is 68.2 Å². The van der Waals surface area contributed by atoms with E-state index in [4.69, 9.17) is 4.74 Å². The summed E-state index contributed by atoms with van der Waals surface area (Å²) in [5.41, 5.74) is 2.81. The van der Waals surface area contributed by atoms with Crippen LogP contribution in [0.25, 0.3) is 0 Å². The summed E-state index contributed by atoms with van der Waals surface area (Å²) in [6.07, 6.45) is 5.38. The molecule has 3 heteroatoms. The highest BCUT2D eigenvalue weighted by atomic mass is 16.5. The summed E-state index contributed by atoms with van der Waals surface area (Å²) in [5, 5.41) is 2.93. The van der Waals surface area contributed by atoms with E-state index in [0.717, 1.165) is 18.6 Å². The Bertz CT molecular complexity index is 482. The first-order valence-corrected chi connectivity index (χ1v) is 8.12. The van der Waals surface area contributed by atoms with Gasteiger partial charge < -0.3 is 10.1 Å². The fourth-order valence-corrected chi connectivity index (χ4v) is 2.67. The minimum atomic E-state index is -0.446. The van der Waals surface area contributed by atoms with Crippen LogP contribution in [0.4, 0.5) is 0 Å². The number of benzene rings is 1. The number of ether oxygens (including phenoxy) is 1. The van der Waals surface area contributed by atoms with Crippen molar-refractivity contribution in [3.05, 3.63) is 29.3 Å². The highest BCUT2D eigenvalue weighted by molar-refractivity contribution is 5.80. The summed E-state index contributed by atoms with van der Waals surface area (Å²) >= 11 is 0. The minimum absolute atomic E-state index is 0.0339. The molecule has 0 unspecified atom stereocenters. The number of aryl methyl sites for hydroxylation is 2. The van der Waals surface area contributed by atoms with Crippen molar-refractivity contribution in [1.29, 1.82) is 0 Å². The molecule has 0 saturated carbocycles. The maximum Gasteiger partial charge on any atom is 0.260 e. The van der Waals surface area contributed by atoms with Crippen LogP contribution in [0.3, 0.4) is 0 Å². The molecular formula is C18H27NO2. The molecule has 0 fully saturated rings. The summed E-state index contributed by atoms with van der Waals surface area (Å²) in [7, 11) is 0. The number of fused-ring (bicyclic) bond motifs is 1. The molecule has 3 nitrogen and oxygen atoms in total. The van der Waals surface area contributed by atoms with Crippen molar-refractivity contribution < 1.29 is 9.53 Å². The number of rotatable bonds is 6. The monoisotopic (exact) mass is 289 g/mol. The van der Waals surface area contributed by atoms with E-state index >= 15 is 0 Å². The normalized spacial score (nSPS) is 15.4. The molecule has 1 N–H and O–H groups in total. The van der Waals surface area contributed by atoms with Crippen molar-refractivity contribution in [2.75, 3.05) is 6.54 Å². The van der Waals surface area contributed by atoms with E-state index in [1.807, 2.05) is 13.0 Å². The Morgan fingerprint density at radius 3 is 2.62 bits per heavy atom. The molecule has 1 aromatic rings. The van der Waals surface area contributed by atoms with Gasteiger partial charge in [0, 0.05) is 6.54 Å². The van der Waals surface area contributed by atoms with Crippen LogP contribution in [-0.2, 0) is 17.6 Å². The smallest absolute Gasteiger partial charge is 0.260 e. The van der Waals surface area contributed by atoms with E-state index in [-0.39, 0.29) is 5.91 Å². The topological polar surface area (TPSA) is 38.3 Å². The van der Waals surface area contributed by atoms with E-state index < -0.39 is 6.10 Å². The Labute approximate surface area is 128 Å². The summed E-state index contributed by atoms with van der Waals surface area (Å²) in [5.74, 6) is 1.37. The summed E-state index contributed by atoms with van der Waals surface area (Å²) in [6, 6.07) is 6.24. The van der Waals surface area contributed by atoms with Gasteiger partial charge in [0.15, 0.2) is 6.10 Å². The summed E-state index contributed by atoms with van der Waals surface area (Å²) in [4.78, 5) is 12.0. The quantitative estimate of drug-likeness (QED) is 0.870. The average Bonchev–Trinajstić information content (AvgIpc) is 2.46. The van der Waals surface area contributed by atoms with Crippen molar-refractivity contribution in [2.24, 2.45) is 5.92 Å². The van der Waals surface area contributed by atoms with Crippen LogP contribution in [0.2, 0.25) is 0 Å². The van der Waals surface area contributed by atoms with Gasteiger partial charge in [-0.3, -0.25) is 4.79 Å². The molecule has 0 radical (unpaired) electrons. The SMILES string of the molecule is CC(C)CCNC(=O)[C@H](C)Oc1ccc2c(c1)CCCC2. The van der Waals surface area contributed by atoms with Crippen molar-refractivity contribution in [2.45, 2.75) is 59.0 Å². The van der Waals surface area contributed by atoms with Crippen LogP contribution in [0.5, 0.6) is 5.75 Å². The third-order valence-electron chi connectivity index (χ3n) is 4.02. The molecule has 1 aromatic carbocycles. The number of carbonyl (C=O) groups excluding carboxylic acids is 1. The third kappa shape index (κ3) is 4.76. The van der Waals surface area contributed by atoms with Gasteiger partial charge in [0.05, 0.1) is 0 Å². The van der Waals surface area contributed by atoms with Gasteiger partial charge in [0.1, 0.15) is 5.75 Å². The maximum absolute atomic E-state index is 12.0. The van der Waals surface area contributed by atoms with Crippen LogP contribution < -0.4 is 10.1 Å². The largest absolute Gasteiger partial charge is 0.481 e. The molecule has 1 aliphatic rings. The summed E-state index contributed by atoms with van der Waals surface area (Å²) in [6.45, 7) is 6.83. The Kier molecular flexibility index (Phi) is 5.66. The highest BCUT2D eigenvalue weighted by Gasteiger charge is 2.16. The zero-order valence-electron chi connectivity index (χ0n) is 13.4. The molecule has 2 rings (SSSR count). The molecule has 0 aromatic heterocycles. The first kappa shape index (κ1) is 15.9. The lowest BCUT2D eigenvalue weighted by molar-refractivity contribution is -0.127. The van der Waals surface area contributed by atoms with Gasteiger partial charge in [-0.15, -0.1) is 0 Å². The van der Waals surface area contributed by atoms with Crippen molar-refractivity contribution in [3.63, 3.8) is 0 Å². The molecule has 0 heterocycles. The Hall–Kier alpha value is -1.51. The van der Waals surface area contributed by atoms with E-state index in [1.165, 1.54) is 30.4 Å². The lowest BCUT2D eigenvalue weighted by atomic mass is 9.92. The van der Waals surface area contributed by atoms with Gasteiger partial charge in [-0.2, -0.15) is 0 Å². The number of hydrogen-bond acceptors (Lipinski definition) is 2. The Morgan fingerprint density at radius 2 is 1.90 bits per heavy atom. The second-order valence-corrected chi connectivity index (χ2v) is 6.37. The molecular weight excluding hydrogens is 262 g/mol. The fourth-order valence-electron chi connectivity index (χ4n) is 2.67. The second kappa shape index (κ2) is 7.48. The molecule has 21 heavy (non-hydrogen) atoms. The third-order valence-corrected chi connectivity index (χ3v) is 4.02. The average molecular weight is 289 g/mol. The van der Waals surface area contributed by atoms with Crippen LogP contribution in [0, 0.1) is 5.92 Å². The van der Waals surface area contributed by atoms with E-state index in [0.29, 0.717) is 12.5 Å². The summed E-state index contributed by atoms with van der Waals surface area (Å²) < 4.78 is 5.79. The standard InChI is InChI=1S/C18H27NO2/c1-13(2)10-11-19-18(20)14(3)21-17-9-8-15-6-4-5-7-16(15)12-17/h8-9,12-14H,4-7,10-11H2,1-3H3,(H,19,20)/t14-/m0/s1. The molecule has 1 amide bonds. The lowest BCUT2D eigenvalue weighted by Gasteiger charge is -2.19. The van der Waals surface area contributed by atoms with E-state index in [9.17, 15) is 4.79 Å². The lowest BCUT2D eigenvalue weighted by Crippen LogP contribution is -2.37. The van der Waals surface area contributed by atoms with Crippen LogP contribution in [-0.4, -0.2) is 18.6 Å².